The van der Waals surface area contributed by atoms with E-state index in [2.05, 4.69) is 26.6 Å². The van der Waals surface area contributed by atoms with Gasteiger partial charge in [0, 0.05) is 24.0 Å². The first-order valence-electron chi connectivity index (χ1n) is 7.30. The number of hydrogen-bond donors (Lipinski definition) is 2. The van der Waals surface area contributed by atoms with Gasteiger partial charge in [0.25, 0.3) is 5.91 Å². The Balaban J connectivity index is 1.78. The number of benzene rings is 2. The van der Waals surface area contributed by atoms with E-state index in [4.69, 9.17) is 11.6 Å². The van der Waals surface area contributed by atoms with Crippen LogP contribution in [-0.4, -0.2) is 18.4 Å². The minimum Gasteiger partial charge on any atom is -0.352 e. The van der Waals surface area contributed by atoms with Crippen molar-refractivity contribution in [1.29, 1.82) is 0 Å². The third kappa shape index (κ3) is 5.79. The summed E-state index contributed by atoms with van der Waals surface area (Å²) in [5.41, 5.74) is 0.739. The van der Waals surface area contributed by atoms with Gasteiger partial charge in [-0.15, -0.1) is 0 Å². The molecule has 0 spiro atoms. The average Bonchev–Trinajstić information content (AvgIpc) is 2.55. The Labute approximate surface area is 156 Å². The second-order valence-corrected chi connectivity index (χ2v) is 6.40. The molecule has 0 aromatic heterocycles. The van der Waals surface area contributed by atoms with Gasteiger partial charge in [0.2, 0.25) is 5.91 Å². The summed E-state index contributed by atoms with van der Waals surface area (Å²) in [5, 5.41) is 5.17. The number of carbonyl (C=O) groups is 2. The topological polar surface area (TPSA) is 58.2 Å². The lowest BCUT2D eigenvalue weighted by Gasteiger charge is -2.09. The summed E-state index contributed by atoms with van der Waals surface area (Å²) in [6.07, 6.45) is 0.0392. The van der Waals surface area contributed by atoms with Crippen LogP contribution >= 0.6 is 27.5 Å². The molecule has 2 N–H and O–H groups in total. The molecule has 0 aliphatic rings. The molecule has 0 unspecified atom stereocenters. The Morgan fingerprint density at radius 2 is 1.72 bits per heavy atom. The van der Waals surface area contributed by atoms with Crippen molar-refractivity contribution in [3.05, 3.63) is 68.7 Å². The molecular formula is C17H14BrClF2N2O2. The Kier molecular flexibility index (Phi) is 6.90. The first-order valence-corrected chi connectivity index (χ1v) is 8.48. The third-order valence-corrected chi connectivity index (χ3v) is 4.38. The van der Waals surface area contributed by atoms with Crippen LogP contribution in [-0.2, 0) is 11.3 Å². The quantitative estimate of drug-likeness (QED) is 0.731. The molecule has 0 atom stereocenters. The van der Waals surface area contributed by atoms with Crippen LogP contribution < -0.4 is 10.6 Å². The van der Waals surface area contributed by atoms with Gasteiger partial charge in [-0.2, -0.15) is 0 Å². The summed E-state index contributed by atoms with van der Waals surface area (Å²) >= 11 is 9.07. The number of hydrogen-bond acceptors (Lipinski definition) is 2. The molecule has 2 aromatic carbocycles. The van der Waals surface area contributed by atoms with E-state index >= 15 is 0 Å². The molecule has 0 saturated heterocycles. The van der Waals surface area contributed by atoms with Crippen molar-refractivity contribution in [2.45, 2.75) is 13.0 Å². The van der Waals surface area contributed by atoms with Crippen molar-refractivity contribution < 1.29 is 18.4 Å². The lowest BCUT2D eigenvalue weighted by Crippen LogP contribution is -2.30. The fraction of sp³-hybridized carbons (Fsp3) is 0.176. The summed E-state index contributed by atoms with van der Waals surface area (Å²) in [4.78, 5) is 23.7. The maximum Gasteiger partial charge on any atom is 0.252 e. The van der Waals surface area contributed by atoms with E-state index in [1.54, 1.807) is 6.07 Å². The molecule has 0 aliphatic heterocycles. The highest BCUT2D eigenvalue weighted by Crippen LogP contribution is 2.18. The largest absolute Gasteiger partial charge is 0.352 e. The molecule has 0 heterocycles. The maximum absolute atomic E-state index is 13.2. The molecule has 0 saturated carbocycles. The second kappa shape index (κ2) is 8.92. The molecule has 8 heteroatoms. The van der Waals surface area contributed by atoms with Crippen molar-refractivity contribution in [2.24, 2.45) is 0 Å². The van der Waals surface area contributed by atoms with E-state index in [1.807, 2.05) is 0 Å². The van der Waals surface area contributed by atoms with Crippen LogP contribution in [0, 0.1) is 11.6 Å². The zero-order valence-corrected chi connectivity index (χ0v) is 15.3. The van der Waals surface area contributed by atoms with Gasteiger partial charge in [-0.3, -0.25) is 9.59 Å². The molecule has 132 valence electrons. The highest BCUT2D eigenvalue weighted by Gasteiger charge is 2.11. The summed E-state index contributed by atoms with van der Waals surface area (Å²) in [6, 6.07) is 7.64. The van der Waals surface area contributed by atoms with Crippen LogP contribution in [0.2, 0.25) is 5.02 Å². The number of amides is 2. The van der Waals surface area contributed by atoms with E-state index in [-0.39, 0.29) is 36.0 Å². The SMILES string of the molecule is O=C(CCNC(=O)c1ccc(F)cc1Cl)NCc1cc(F)ccc1Br. The minimum atomic E-state index is -0.538. The van der Waals surface area contributed by atoms with Crippen molar-refractivity contribution in [3.8, 4) is 0 Å². The predicted octanol–water partition coefficient (Wildman–Crippen LogP) is 3.82. The van der Waals surface area contributed by atoms with Crippen LogP contribution in [0.1, 0.15) is 22.3 Å². The fourth-order valence-electron chi connectivity index (χ4n) is 2.02. The zero-order chi connectivity index (χ0) is 18.4. The van der Waals surface area contributed by atoms with E-state index in [0.717, 1.165) is 12.1 Å². The molecule has 0 fully saturated rings. The molecule has 0 bridgehead atoms. The average molecular weight is 432 g/mol. The molecule has 2 rings (SSSR count). The van der Waals surface area contributed by atoms with E-state index in [9.17, 15) is 18.4 Å². The van der Waals surface area contributed by atoms with Gasteiger partial charge in [0.15, 0.2) is 0 Å². The molecule has 0 radical (unpaired) electrons. The monoisotopic (exact) mass is 430 g/mol. The first-order chi connectivity index (χ1) is 11.9. The number of rotatable bonds is 6. The van der Waals surface area contributed by atoms with Gasteiger partial charge in [0.05, 0.1) is 10.6 Å². The van der Waals surface area contributed by atoms with Gasteiger partial charge in [-0.1, -0.05) is 27.5 Å². The lowest BCUT2D eigenvalue weighted by molar-refractivity contribution is -0.121. The van der Waals surface area contributed by atoms with E-state index in [1.165, 1.54) is 18.2 Å². The lowest BCUT2D eigenvalue weighted by atomic mass is 10.2. The van der Waals surface area contributed by atoms with E-state index < -0.39 is 17.5 Å². The van der Waals surface area contributed by atoms with Crippen LogP contribution in [0.5, 0.6) is 0 Å². The van der Waals surface area contributed by atoms with E-state index in [0.29, 0.717) is 10.0 Å². The number of nitrogens with one attached hydrogen (secondary N) is 2. The summed E-state index contributed by atoms with van der Waals surface area (Å²) in [7, 11) is 0. The summed E-state index contributed by atoms with van der Waals surface area (Å²) in [5.74, 6) is -1.73. The van der Waals surface area contributed by atoms with Crippen LogP contribution in [0.15, 0.2) is 40.9 Å². The molecule has 0 aliphatic carbocycles. The van der Waals surface area contributed by atoms with Crippen molar-refractivity contribution in [3.63, 3.8) is 0 Å². The van der Waals surface area contributed by atoms with Crippen molar-refractivity contribution in [1.82, 2.24) is 10.6 Å². The Hall–Kier alpha value is -1.99. The first kappa shape index (κ1) is 19.3. The van der Waals surface area contributed by atoms with Crippen molar-refractivity contribution >= 4 is 39.3 Å². The Morgan fingerprint density at radius 3 is 2.44 bits per heavy atom. The van der Waals surface area contributed by atoms with Gasteiger partial charge in [-0.05, 0) is 42.0 Å². The van der Waals surface area contributed by atoms with Crippen molar-refractivity contribution in [2.75, 3.05) is 6.54 Å². The van der Waals surface area contributed by atoms with Gasteiger partial charge >= 0.3 is 0 Å². The fourth-order valence-corrected chi connectivity index (χ4v) is 2.66. The zero-order valence-electron chi connectivity index (χ0n) is 12.9. The molecule has 2 amide bonds. The predicted molar refractivity (Wildman–Crippen MR) is 94.3 cm³/mol. The molecule has 2 aromatic rings. The molecule has 25 heavy (non-hydrogen) atoms. The summed E-state index contributed by atoms with van der Waals surface area (Å²) < 4.78 is 26.8. The van der Waals surface area contributed by atoms with Gasteiger partial charge < -0.3 is 10.6 Å². The number of carbonyl (C=O) groups excluding carboxylic acids is 2. The van der Waals surface area contributed by atoms with Crippen LogP contribution in [0.25, 0.3) is 0 Å². The van der Waals surface area contributed by atoms with Gasteiger partial charge in [0.1, 0.15) is 11.6 Å². The number of halogens is 4. The summed E-state index contributed by atoms with van der Waals surface area (Å²) in [6.45, 7) is 0.248. The molecular weight excluding hydrogens is 418 g/mol. The third-order valence-electron chi connectivity index (χ3n) is 3.30. The highest BCUT2D eigenvalue weighted by atomic mass is 79.9. The van der Waals surface area contributed by atoms with Gasteiger partial charge in [-0.25, -0.2) is 8.78 Å². The smallest absolute Gasteiger partial charge is 0.252 e. The highest BCUT2D eigenvalue weighted by molar-refractivity contribution is 9.10. The Morgan fingerprint density at radius 1 is 1.04 bits per heavy atom. The van der Waals surface area contributed by atoms with Crippen LogP contribution in [0.3, 0.4) is 0 Å². The standard InChI is InChI=1S/C17H14BrClF2N2O2/c18-14-4-2-11(20)7-10(14)9-23-16(24)5-6-22-17(25)13-3-1-12(21)8-15(13)19/h1-4,7-8H,5-6,9H2,(H,22,25)(H,23,24). The Bertz CT molecular complexity index is 802. The maximum atomic E-state index is 13.2. The van der Waals surface area contributed by atoms with Crippen LogP contribution in [0.4, 0.5) is 8.78 Å². The molecule has 4 nitrogen and oxygen atoms in total. The normalized spacial score (nSPS) is 10.4. The second-order valence-electron chi connectivity index (χ2n) is 5.14. The minimum absolute atomic E-state index is 0.00194.